The van der Waals surface area contributed by atoms with Gasteiger partial charge in [0.2, 0.25) is 0 Å². The fourth-order valence-corrected chi connectivity index (χ4v) is 16.2. The molecule has 4 rings (SSSR count). The van der Waals surface area contributed by atoms with Crippen molar-refractivity contribution in [3.05, 3.63) is 134 Å². The summed E-state index contributed by atoms with van der Waals surface area (Å²) in [5.74, 6) is -0.274. The van der Waals surface area contributed by atoms with Crippen LogP contribution in [0.15, 0.2) is 134 Å². The molecule has 0 saturated heterocycles. The molecule has 47 heavy (non-hydrogen) atoms. The van der Waals surface area contributed by atoms with Gasteiger partial charge in [-0.05, 0) is 37.7 Å². The van der Waals surface area contributed by atoms with Crippen molar-refractivity contribution < 1.29 is 18.4 Å². The van der Waals surface area contributed by atoms with Gasteiger partial charge in [0.15, 0.2) is 0 Å². The minimum atomic E-state index is -2.99. The minimum Gasteiger partial charge on any atom is -0.466 e. The van der Waals surface area contributed by atoms with Gasteiger partial charge in [0.05, 0.1) is 25.2 Å². The molecule has 4 aromatic carbocycles. The molecule has 0 amide bonds. The van der Waals surface area contributed by atoms with Crippen LogP contribution in [0.5, 0.6) is 0 Å². The molecule has 0 bridgehead atoms. The van der Waals surface area contributed by atoms with Crippen LogP contribution in [-0.4, -0.2) is 41.4 Å². The molecule has 0 saturated carbocycles. The first-order chi connectivity index (χ1) is 22.4. The van der Waals surface area contributed by atoms with Crippen LogP contribution >= 0.6 is 0 Å². The Morgan fingerprint density at radius 2 is 0.979 bits per heavy atom. The van der Waals surface area contributed by atoms with Crippen molar-refractivity contribution in [3.63, 3.8) is 0 Å². The van der Waals surface area contributed by atoms with E-state index in [0.717, 1.165) is 10.4 Å². The number of esters is 1. The maximum atomic E-state index is 13.3. The molecule has 0 fully saturated rings. The Balaban J connectivity index is 1.86. The van der Waals surface area contributed by atoms with Crippen molar-refractivity contribution in [1.82, 2.24) is 0 Å². The maximum absolute atomic E-state index is 13.3. The Morgan fingerprint density at radius 3 is 1.28 bits per heavy atom. The largest absolute Gasteiger partial charge is 0.466 e. The van der Waals surface area contributed by atoms with Crippen molar-refractivity contribution in [2.24, 2.45) is 0 Å². The number of carbonyl (C=O) groups excluding carboxylic acids is 1. The lowest BCUT2D eigenvalue weighted by Gasteiger charge is -2.47. The van der Waals surface area contributed by atoms with E-state index in [1.165, 1.54) is 10.4 Å². The van der Waals surface area contributed by atoms with E-state index < -0.39 is 22.7 Å². The molecular formula is C41H52O4Si2. The monoisotopic (exact) mass is 664 g/mol. The van der Waals surface area contributed by atoms with Gasteiger partial charge in [0, 0.05) is 6.42 Å². The van der Waals surface area contributed by atoms with Gasteiger partial charge in [-0.15, -0.1) is 6.58 Å². The summed E-state index contributed by atoms with van der Waals surface area (Å²) in [6, 6.07) is 42.3. The van der Waals surface area contributed by atoms with Gasteiger partial charge in [0.25, 0.3) is 16.6 Å². The molecule has 248 valence electrons. The van der Waals surface area contributed by atoms with E-state index in [9.17, 15) is 4.79 Å². The molecule has 0 radical (unpaired) electrons. The zero-order valence-corrected chi connectivity index (χ0v) is 31.2. The van der Waals surface area contributed by atoms with E-state index in [0.29, 0.717) is 13.0 Å². The van der Waals surface area contributed by atoms with Gasteiger partial charge in [-0.1, -0.05) is 169 Å². The average molecular weight is 665 g/mol. The summed E-state index contributed by atoms with van der Waals surface area (Å²) >= 11 is 0. The van der Waals surface area contributed by atoms with Crippen LogP contribution in [-0.2, 0) is 18.4 Å². The normalized spacial score (nSPS) is 13.9. The third-order valence-corrected chi connectivity index (χ3v) is 19.1. The number of benzene rings is 4. The van der Waals surface area contributed by atoms with Crippen molar-refractivity contribution in [2.75, 3.05) is 6.61 Å². The van der Waals surface area contributed by atoms with Crippen LogP contribution in [0.1, 0.15) is 61.3 Å². The molecule has 4 nitrogen and oxygen atoms in total. The molecule has 4 aromatic rings. The second-order valence-electron chi connectivity index (χ2n) is 14.2. The lowest BCUT2D eigenvalue weighted by atomic mass is 10.1. The SMILES string of the molecule is C=C[C@H](C[C@H](CC(=O)OCC)O[Si](c1ccccc1)(c1ccccc1)C(C)(C)C)O[Si](c1ccccc1)(c1ccccc1)C(C)(C)C. The van der Waals surface area contributed by atoms with Gasteiger partial charge < -0.3 is 13.6 Å². The standard InChI is InChI=1S/C41H52O4Si2/c1-9-33(44-46(40(3,4)5,35-23-15-11-16-24-35)36-25-17-12-18-26-36)31-34(32-39(42)43-10-2)45-47(41(6,7)8,37-27-19-13-20-28-37)38-29-21-14-22-30-38/h9,11-30,33-34H,1,10,31-32H2,2-8H3/t33-,34-/m1/s1. The number of carbonyl (C=O) groups is 1. The number of ether oxygens (including phenoxy) is 1. The summed E-state index contributed by atoms with van der Waals surface area (Å²) in [6.07, 6.45) is 1.59. The van der Waals surface area contributed by atoms with E-state index in [-0.39, 0.29) is 28.6 Å². The molecule has 0 aliphatic rings. The lowest BCUT2D eigenvalue weighted by molar-refractivity contribution is -0.145. The van der Waals surface area contributed by atoms with Crippen LogP contribution in [0.3, 0.4) is 0 Å². The topological polar surface area (TPSA) is 44.8 Å². The van der Waals surface area contributed by atoms with Crippen LogP contribution in [0.4, 0.5) is 0 Å². The highest BCUT2D eigenvalue weighted by atomic mass is 28.4. The summed E-state index contributed by atoms with van der Waals surface area (Å²) < 4.78 is 20.6. The maximum Gasteiger partial charge on any atom is 0.308 e. The molecule has 6 heteroatoms. The van der Waals surface area contributed by atoms with Gasteiger partial charge in [0.1, 0.15) is 0 Å². The van der Waals surface area contributed by atoms with E-state index in [1.807, 2.05) is 37.3 Å². The van der Waals surface area contributed by atoms with E-state index >= 15 is 0 Å². The van der Waals surface area contributed by atoms with Crippen molar-refractivity contribution in [2.45, 2.75) is 83.6 Å². The molecule has 2 atom stereocenters. The fraction of sp³-hybridized carbons (Fsp3) is 0.341. The molecule has 0 unspecified atom stereocenters. The zero-order chi connectivity index (χ0) is 34.1. The Kier molecular flexibility index (Phi) is 12.0. The quantitative estimate of drug-likeness (QED) is 0.0801. The van der Waals surface area contributed by atoms with Crippen LogP contribution in [0.25, 0.3) is 0 Å². The van der Waals surface area contributed by atoms with Crippen molar-refractivity contribution in [1.29, 1.82) is 0 Å². The lowest BCUT2D eigenvalue weighted by Crippen LogP contribution is -2.69. The highest BCUT2D eigenvalue weighted by molar-refractivity contribution is 7.00. The smallest absolute Gasteiger partial charge is 0.308 e. The third-order valence-electron chi connectivity index (χ3n) is 8.96. The molecule has 0 heterocycles. The minimum absolute atomic E-state index is 0.118. The van der Waals surface area contributed by atoms with Crippen LogP contribution in [0.2, 0.25) is 10.1 Å². The Morgan fingerprint density at radius 1 is 0.638 bits per heavy atom. The first kappa shape index (κ1) is 36.3. The Bertz CT molecular complexity index is 1470. The number of hydrogen-bond acceptors (Lipinski definition) is 4. The van der Waals surface area contributed by atoms with E-state index in [4.69, 9.17) is 13.6 Å². The second kappa shape index (κ2) is 15.6. The van der Waals surface area contributed by atoms with Crippen LogP contribution < -0.4 is 20.7 Å². The Hall–Kier alpha value is -3.56. The Labute approximate surface area is 285 Å². The molecule has 0 aliphatic heterocycles. The third kappa shape index (κ3) is 7.95. The van der Waals surface area contributed by atoms with Gasteiger partial charge in [-0.2, -0.15) is 0 Å². The van der Waals surface area contributed by atoms with E-state index in [1.54, 1.807) is 0 Å². The summed E-state index contributed by atoms with van der Waals surface area (Å²) in [7, 11) is -5.90. The average Bonchev–Trinajstić information content (AvgIpc) is 3.06. The molecule has 0 N–H and O–H groups in total. The molecular weight excluding hydrogens is 613 g/mol. The van der Waals surface area contributed by atoms with Gasteiger partial charge >= 0.3 is 5.97 Å². The number of rotatable bonds is 14. The summed E-state index contributed by atoms with van der Waals surface area (Å²) in [6.45, 7) is 20.0. The predicted octanol–water partition coefficient (Wildman–Crippen LogP) is 7.41. The first-order valence-electron chi connectivity index (χ1n) is 16.7. The highest BCUT2D eigenvalue weighted by Crippen LogP contribution is 2.40. The molecule has 0 aromatic heterocycles. The summed E-state index contributed by atoms with van der Waals surface area (Å²) in [5, 5.41) is 4.24. The van der Waals surface area contributed by atoms with Crippen molar-refractivity contribution >= 4 is 43.4 Å². The van der Waals surface area contributed by atoms with Gasteiger partial charge in [-0.25, -0.2) is 0 Å². The fourth-order valence-electron chi connectivity index (χ4n) is 6.89. The van der Waals surface area contributed by atoms with Gasteiger partial charge in [-0.3, -0.25) is 4.79 Å². The number of hydrogen-bond donors (Lipinski definition) is 0. The summed E-state index contributed by atoms with van der Waals surface area (Å²) in [5.41, 5.74) is 0. The predicted molar refractivity (Wildman–Crippen MR) is 201 cm³/mol. The van der Waals surface area contributed by atoms with Crippen LogP contribution in [0, 0.1) is 0 Å². The van der Waals surface area contributed by atoms with Crippen molar-refractivity contribution in [3.8, 4) is 0 Å². The summed E-state index contributed by atoms with van der Waals surface area (Å²) in [4.78, 5) is 13.3. The first-order valence-corrected chi connectivity index (χ1v) is 20.6. The molecule has 0 spiro atoms. The zero-order valence-electron chi connectivity index (χ0n) is 29.2. The second-order valence-corrected chi connectivity index (χ2v) is 22.7. The van der Waals surface area contributed by atoms with E-state index in [2.05, 4.69) is 145 Å². The highest BCUT2D eigenvalue weighted by Gasteiger charge is 2.53. The molecule has 0 aliphatic carbocycles.